The van der Waals surface area contributed by atoms with E-state index in [1.165, 1.54) is 25.0 Å². The van der Waals surface area contributed by atoms with Gasteiger partial charge in [-0.2, -0.15) is 0 Å². The highest BCUT2D eigenvalue weighted by Crippen LogP contribution is 2.51. The molecule has 0 spiro atoms. The number of rotatable bonds is 9. The molecule has 11 nitrogen and oxygen atoms in total. The lowest BCUT2D eigenvalue weighted by atomic mass is 10.3. The minimum atomic E-state index is -4.00. The maximum absolute atomic E-state index is 12.5. The van der Waals surface area contributed by atoms with E-state index in [-0.39, 0.29) is 24.0 Å². The standard InChI is InChI=1S/C20H20ClN6O5P/c21-14-1-3-15(4-2-14)31-8-7-27-17-18(23-11-24-20(17)28)25-19(27)16-9-13(16)10-32-33(29,30)26-6-5-22-12-26/h1-6,11-13,16H,7-10H2,(H,29,30)(H,23,24,28)/t13-,16+/m1/s1. The molecule has 1 aliphatic rings. The van der Waals surface area contributed by atoms with Gasteiger partial charge in [-0.3, -0.25) is 9.32 Å². The Balaban J connectivity index is 1.32. The number of nitrogens with zero attached hydrogens (tertiary/aromatic N) is 5. The summed E-state index contributed by atoms with van der Waals surface area (Å²) < 4.78 is 26.3. The molecular weight excluding hydrogens is 471 g/mol. The van der Waals surface area contributed by atoms with Gasteiger partial charge in [0, 0.05) is 23.3 Å². The quantitative estimate of drug-likeness (QED) is 0.342. The Morgan fingerprint density at radius 2 is 2.12 bits per heavy atom. The van der Waals surface area contributed by atoms with Crippen LogP contribution in [0.25, 0.3) is 11.2 Å². The zero-order valence-electron chi connectivity index (χ0n) is 17.2. The van der Waals surface area contributed by atoms with E-state index in [1.54, 1.807) is 28.8 Å². The second-order valence-electron chi connectivity index (χ2n) is 7.66. The van der Waals surface area contributed by atoms with Gasteiger partial charge in [0.1, 0.15) is 24.5 Å². The largest absolute Gasteiger partial charge is 0.492 e. The molecule has 3 atom stereocenters. The second-order valence-corrected chi connectivity index (χ2v) is 9.80. The molecule has 1 fully saturated rings. The zero-order valence-corrected chi connectivity index (χ0v) is 18.9. The normalized spacial score (nSPS) is 19.5. The maximum atomic E-state index is 12.5. The van der Waals surface area contributed by atoms with Crippen LogP contribution in [0.1, 0.15) is 18.2 Å². The lowest BCUT2D eigenvalue weighted by Crippen LogP contribution is -2.16. The maximum Gasteiger partial charge on any atom is 0.437 e. The molecule has 0 bridgehead atoms. The number of aromatic nitrogens is 6. The van der Waals surface area contributed by atoms with Crippen LogP contribution in [-0.4, -0.2) is 46.9 Å². The van der Waals surface area contributed by atoms with Gasteiger partial charge in [0.2, 0.25) is 0 Å². The molecule has 33 heavy (non-hydrogen) atoms. The Morgan fingerprint density at radius 3 is 2.88 bits per heavy atom. The Bertz CT molecular complexity index is 1370. The lowest BCUT2D eigenvalue weighted by Gasteiger charge is -2.13. The van der Waals surface area contributed by atoms with E-state index in [0.29, 0.717) is 47.3 Å². The third kappa shape index (κ3) is 4.58. The van der Waals surface area contributed by atoms with Crippen LogP contribution in [0, 0.1) is 5.92 Å². The van der Waals surface area contributed by atoms with Crippen molar-refractivity contribution in [1.29, 1.82) is 0 Å². The van der Waals surface area contributed by atoms with Gasteiger partial charge in [0.05, 0.1) is 19.5 Å². The number of benzene rings is 1. The summed E-state index contributed by atoms with van der Waals surface area (Å²) in [6, 6.07) is 7.01. The van der Waals surface area contributed by atoms with Crippen molar-refractivity contribution in [2.24, 2.45) is 5.92 Å². The van der Waals surface area contributed by atoms with Crippen molar-refractivity contribution in [3.05, 3.63) is 70.5 Å². The Hall–Kier alpha value is -2.98. The number of aromatic amines is 1. The fraction of sp³-hybridized carbons (Fsp3) is 0.300. The van der Waals surface area contributed by atoms with E-state index < -0.39 is 7.75 Å². The Morgan fingerprint density at radius 1 is 1.30 bits per heavy atom. The van der Waals surface area contributed by atoms with Crippen LogP contribution in [-0.2, 0) is 15.6 Å². The summed E-state index contributed by atoms with van der Waals surface area (Å²) in [6.45, 7) is 0.751. The lowest BCUT2D eigenvalue weighted by molar-refractivity contribution is 0.238. The van der Waals surface area contributed by atoms with Crippen molar-refractivity contribution in [2.75, 3.05) is 13.2 Å². The first kappa shape index (κ1) is 21.8. The molecule has 172 valence electrons. The average Bonchev–Trinajstić information content (AvgIpc) is 3.18. The number of imidazole rings is 2. The first-order valence-corrected chi connectivity index (χ1v) is 12.1. The summed E-state index contributed by atoms with van der Waals surface area (Å²) >= 11 is 5.91. The number of H-pyrrole nitrogens is 1. The molecular formula is C20H20ClN6O5P. The van der Waals surface area contributed by atoms with Gasteiger partial charge in [-0.1, -0.05) is 11.6 Å². The van der Waals surface area contributed by atoms with Crippen molar-refractivity contribution in [2.45, 2.75) is 18.9 Å². The summed E-state index contributed by atoms with van der Waals surface area (Å²) in [5, 5.41) is 0.616. The molecule has 2 N–H and O–H groups in total. The third-order valence-electron chi connectivity index (χ3n) is 5.47. The topological polar surface area (TPSA) is 137 Å². The number of hydrogen-bond donors (Lipinski definition) is 2. The fourth-order valence-corrected chi connectivity index (χ4v) is 4.76. The number of halogens is 1. The molecule has 0 amide bonds. The summed E-state index contributed by atoms with van der Waals surface area (Å²) in [7, 11) is -4.00. The van der Waals surface area contributed by atoms with E-state index in [1.807, 2.05) is 0 Å². The SMILES string of the molecule is O=c1[nH]cnc2nc([C@H]3C[C@@H]3COP(=O)(O)n3ccnc3)n(CCOc3ccc(Cl)cc3)c12. The third-order valence-corrected chi connectivity index (χ3v) is 7.02. The zero-order chi connectivity index (χ0) is 23.0. The van der Waals surface area contributed by atoms with Gasteiger partial charge in [-0.15, -0.1) is 0 Å². The fourth-order valence-electron chi connectivity index (χ4n) is 3.70. The molecule has 1 saturated carbocycles. The van der Waals surface area contributed by atoms with Crippen LogP contribution in [0.4, 0.5) is 0 Å². The predicted octanol–water partition coefficient (Wildman–Crippen LogP) is 2.82. The minimum Gasteiger partial charge on any atom is -0.492 e. The van der Waals surface area contributed by atoms with Gasteiger partial charge in [0.15, 0.2) is 11.2 Å². The van der Waals surface area contributed by atoms with Crippen molar-refractivity contribution in [3.8, 4) is 5.75 Å². The van der Waals surface area contributed by atoms with Crippen molar-refractivity contribution in [3.63, 3.8) is 0 Å². The predicted molar refractivity (Wildman–Crippen MR) is 119 cm³/mol. The van der Waals surface area contributed by atoms with Gasteiger partial charge in [-0.25, -0.2) is 23.9 Å². The molecule has 0 radical (unpaired) electrons. The number of ether oxygens (including phenoxy) is 1. The first-order valence-electron chi connectivity index (χ1n) is 10.2. The van der Waals surface area contributed by atoms with Crippen LogP contribution in [0.15, 0.2) is 54.1 Å². The summed E-state index contributed by atoms with van der Waals surface area (Å²) in [6.07, 6.45) is 6.05. The molecule has 3 heterocycles. The molecule has 4 aromatic rings. The number of hydrogen-bond acceptors (Lipinski definition) is 7. The summed E-state index contributed by atoms with van der Waals surface area (Å²) in [5.41, 5.74) is 0.418. The van der Waals surface area contributed by atoms with Gasteiger partial charge >= 0.3 is 7.75 Å². The highest BCUT2D eigenvalue weighted by Gasteiger charge is 2.44. The van der Waals surface area contributed by atoms with Crippen LogP contribution in [0.5, 0.6) is 5.75 Å². The number of fused-ring (bicyclic) bond motifs is 1. The molecule has 13 heteroatoms. The monoisotopic (exact) mass is 490 g/mol. The highest BCUT2D eigenvalue weighted by atomic mass is 35.5. The molecule has 1 unspecified atom stereocenters. The van der Waals surface area contributed by atoms with Crippen LogP contribution in [0.2, 0.25) is 5.02 Å². The van der Waals surface area contributed by atoms with Gasteiger partial charge in [0.25, 0.3) is 5.56 Å². The van der Waals surface area contributed by atoms with E-state index in [0.717, 1.165) is 4.34 Å². The van der Waals surface area contributed by atoms with Crippen molar-refractivity contribution in [1.82, 2.24) is 28.8 Å². The van der Waals surface area contributed by atoms with Gasteiger partial charge < -0.3 is 19.2 Å². The molecule has 3 aromatic heterocycles. The molecule has 1 aromatic carbocycles. The molecule has 1 aliphatic carbocycles. The van der Waals surface area contributed by atoms with Gasteiger partial charge in [-0.05, 0) is 36.6 Å². The first-order chi connectivity index (χ1) is 15.9. The minimum absolute atomic E-state index is 0.0131. The number of nitrogens with one attached hydrogen (secondary N) is 1. The Labute approximate surface area is 192 Å². The van der Waals surface area contributed by atoms with E-state index in [2.05, 4.69) is 19.9 Å². The van der Waals surface area contributed by atoms with E-state index in [9.17, 15) is 14.3 Å². The van der Waals surface area contributed by atoms with E-state index >= 15 is 0 Å². The summed E-state index contributed by atoms with van der Waals surface area (Å²) in [5.74, 6) is 1.30. The molecule has 0 saturated heterocycles. The molecule has 0 aliphatic heterocycles. The smallest absolute Gasteiger partial charge is 0.437 e. The van der Waals surface area contributed by atoms with Crippen molar-refractivity contribution >= 4 is 30.5 Å². The average molecular weight is 491 g/mol. The molecule has 5 rings (SSSR count). The second kappa shape index (κ2) is 8.75. The van der Waals surface area contributed by atoms with Crippen molar-refractivity contribution < 1.29 is 18.7 Å². The summed E-state index contributed by atoms with van der Waals surface area (Å²) in [4.78, 5) is 37.7. The van der Waals surface area contributed by atoms with Crippen LogP contribution < -0.4 is 10.3 Å². The van der Waals surface area contributed by atoms with Crippen LogP contribution >= 0.6 is 19.3 Å². The highest BCUT2D eigenvalue weighted by molar-refractivity contribution is 7.51. The van der Waals surface area contributed by atoms with E-state index in [4.69, 9.17) is 20.9 Å². The van der Waals surface area contributed by atoms with Crippen LogP contribution in [0.3, 0.4) is 0 Å². The Kier molecular flexibility index (Phi) is 5.79.